The number of hydrogen-bond acceptors (Lipinski definition) is 4. The molecule has 160 valence electrons. The van der Waals surface area contributed by atoms with E-state index in [-0.39, 0.29) is 11.5 Å². The van der Waals surface area contributed by atoms with Gasteiger partial charge in [-0.2, -0.15) is 0 Å². The number of nitrogens with zero attached hydrogens (tertiary/aromatic N) is 3. The van der Waals surface area contributed by atoms with Crippen LogP contribution in [0.1, 0.15) is 25.6 Å². The first-order valence-corrected chi connectivity index (χ1v) is 12.0. The largest absolute Gasteiger partial charge is 0.325 e. The Morgan fingerprint density at radius 2 is 1.97 bits per heavy atom. The molecule has 0 spiro atoms. The van der Waals surface area contributed by atoms with Gasteiger partial charge >= 0.3 is 11.3 Å². The molecule has 2 heterocycles. The van der Waals surface area contributed by atoms with Gasteiger partial charge in [0.1, 0.15) is 0 Å². The lowest BCUT2D eigenvalue weighted by atomic mass is 9.97. The zero-order chi connectivity index (χ0) is 22.4. The van der Waals surface area contributed by atoms with Gasteiger partial charge in [-0.1, -0.05) is 71.0 Å². The molecule has 1 aromatic heterocycles. The molecule has 1 amide bonds. The molecule has 6 nitrogen and oxygen atoms in total. The van der Waals surface area contributed by atoms with E-state index >= 15 is 0 Å². The summed E-state index contributed by atoms with van der Waals surface area (Å²) in [7, 11) is 0. The second-order valence-corrected chi connectivity index (χ2v) is 9.65. The monoisotopic (exact) mass is 507 g/mol. The van der Waals surface area contributed by atoms with Crippen molar-refractivity contribution in [2.75, 3.05) is 10.7 Å². The van der Waals surface area contributed by atoms with Crippen LogP contribution in [0.2, 0.25) is 0 Å². The number of hydrogen-bond donors (Lipinski definition) is 1. The summed E-state index contributed by atoms with van der Waals surface area (Å²) < 4.78 is 2.52. The van der Waals surface area contributed by atoms with Gasteiger partial charge in [0, 0.05) is 16.5 Å². The third kappa shape index (κ3) is 3.34. The van der Waals surface area contributed by atoms with Crippen molar-refractivity contribution < 1.29 is 9.48 Å². The molecule has 0 bridgehead atoms. The number of nitrogens with one attached hydrogen (secondary N) is 1. The summed E-state index contributed by atoms with van der Waals surface area (Å²) in [6, 6.07) is 19.7. The molecule has 1 unspecified atom stereocenters. The van der Waals surface area contributed by atoms with Crippen LogP contribution in [0.15, 0.2) is 75.1 Å². The predicted octanol–water partition coefficient (Wildman–Crippen LogP) is 4.67. The van der Waals surface area contributed by atoms with E-state index < -0.39 is 6.17 Å². The van der Waals surface area contributed by atoms with Crippen LogP contribution < -0.4 is 15.1 Å². The molecule has 0 radical (unpaired) electrons. The SMILES string of the molecule is CCSc1n[n+]2c(c(=O)[nH]1)-c1cc(Br)ccc1N(C(C)=O)C2c1cccc2ccccc12. The van der Waals surface area contributed by atoms with Crippen molar-refractivity contribution >= 4 is 50.1 Å². The maximum atomic E-state index is 13.3. The van der Waals surface area contributed by atoms with E-state index in [2.05, 4.69) is 20.9 Å². The van der Waals surface area contributed by atoms with Gasteiger partial charge in [0.15, 0.2) is 0 Å². The quantitative estimate of drug-likeness (QED) is 0.323. The Hall–Kier alpha value is -2.97. The van der Waals surface area contributed by atoms with Crippen molar-refractivity contribution in [1.82, 2.24) is 10.1 Å². The van der Waals surface area contributed by atoms with Gasteiger partial charge in [0.2, 0.25) is 11.1 Å². The standard InChI is InChI=1S/C24H19BrN4O2S/c1-3-32-24-26-22(31)21-19-13-16(25)11-12-20(19)28(14(2)30)23(29(21)27-24)18-10-6-8-15-7-4-5-9-17(15)18/h4-13,23H,3H2,1-2H3/p+1. The summed E-state index contributed by atoms with van der Waals surface area (Å²) in [5.41, 5.74) is 2.44. The summed E-state index contributed by atoms with van der Waals surface area (Å²) in [6.45, 7) is 3.55. The second kappa shape index (κ2) is 8.18. The van der Waals surface area contributed by atoms with E-state index in [1.807, 2.05) is 67.6 Å². The number of carbonyl (C=O) groups excluding carboxylic acids is 1. The maximum absolute atomic E-state index is 13.3. The molecule has 1 N–H and O–H groups in total. The van der Waals surface area contributed by atoms with E-state index in [0.29, 0.717) is 22.1 Å². The van der Waals surface area contributed by atoms with Gasteiger partial charge in [-0.3, -0.25) is 14.6 Å². The first kappa shape index (κ1) is 20.9. The number of rotatable bonds is 3. The van der Waals surface area contributed by atoms with Crippen LogP contribution in [0.5, 0.6) is 0 Å². The number of amides is 1. The first-order chi connectivity index (χ1) is 15.5. The van der Waals surface area contributed by atoms with Crippen LogP contribution in [0, 0.1) is 0 Å². The molecule has 0 fully saturated rings. The van der Waals surface area contributed by atoms with E-state index in [0.717, 1.165) is 26.6 Å². The number of H-pyrrole nitrogens is 1. The maximum Gasteiger partial charge on any atom is 0.325 e. The number of carbonyl (C=O) groups is 1. The molecular weight excluding hydrogens is 488 g/mol. The smallest absolute Gasteiger partial charge is 0.291 e. The third-order valence-corrected chi connectivity index (χ3v) is 6.77. The summed E-state index contributed by atoms with van der Waals surface area (Å²) in [6.07, 6.45) is -0.596. The number of fused-ring (bicyclic) bond motifs is 4. The van der Waals surface area contributed by atoms with Crippen LogP contribution in [-0.2, 0) is 4.79 Å². The molecule has 32 heavy (non-hydrogen) atoms. The normalized spacial score (nSPS) is 14.8. The van der Waals surface area contributed by atoms with Crippen LogP contribution in [0.3, 0.4) is 0 Å². The van der Waals surface area contributed by atoms with E-state index in [1.165, 1.54) is 11.8 Å². The zero-order valence-corrected chi connectivity index (χ0v) is 19.9. The second-order valence-electron chi connectivity index (χ2n) is 7.48. The molecule has 0 saturated heterocycles. The highest BCUT2D eigenvalue weighted by atomic mass is 79.9. The van der Waals surface area contributed by atoms with Crippen molar-refractivity contribution in [1.29, 1.82) is 0 Å². The van der Waals surface area contributed by atoms with Crippen molar-refractivity contribution in [3.8, 4) is 11.3 Å². The number of anilines is 1. The lowest BCUT2D eigenvalue weighted by Crippen LogP contribution is -2.60. The van der Waals surface area contributed by atoms with Gasteiger partial charge in [0.05, 0.1) is 16.8 Å². The van der Waals surface area contributed by atoms with Gasteiger partial charge in [-0.25, -0.2) is 4.90 Å². The zero-order valence-electron chi connectivity index (χ0n) is 17.5. The molecule has 5 rings (SSSR count). The highest BCUT2D eigenvalue weighted by Gasteiger charge is 2.45. The number of aromatic nitrogens is 3. The Morgan fingerprint density at radius 1 is 1.19 bits per heavy atom. The Kier molecular flexibility index (Phi) is 5.35. The fourth-order valence-corrected chi connectivity index (χ4v) is 5.24. The molecule has 8 heteroatoms. The van der Waals surface area contributed by atoms with E-state index in [1.54, 1.807) is 16.5 Å². The van der Waals surface area contributed by atoms with E-state index in [4.69, 9.17) is 5.10 Å². The topological polar surface area (TPSA) is 69.9 Å². The molecule has 0 saturated carbocycles. The van der Waals surface area contributed by atoms with Crippen LogP contribution in [-0.4, -0.2) is 21.7 Å². The molecule has 4 aromatic rings. The van der Waals surface area contributed by atoms with Crippen LogP contribution in [0.4, 0.5) is 5.69 Å². The Labute approximate surface area is 197 Å². The van der Waals surface area contributed by atoms with Gasteiger partial charge in [-0.15, -0.1) is 0 Å². The average Bonchev–Trinajstić information content (AvgIpc) is 2.77. The summed E-state index contributed by atoms with van der Waals surface area (Å²) in [5, 5.41) is 7.40. The lowest BCUT2D eigenvalue weighted by molar-refractivity contribution is -0.762. The Balaban J connectivity index is 1.90. The third-order valence-electron chi connectivity index (χ3n) is 5.53. The molecule has 1 aliphatic rings. The predicted molar refractivity (Wildman–Crippen MR) is 130 cm³/mol. The van der Waals surface area contributed by atoms with Crippen molar-refractivity contribution in [2.24, 2.45) is 0 Å². The van der Waals surface area contributed by atoms with Crippen LogP contribution >= 0.6 is 27.7 Å². The van der Waals surface area contributed by atoms with E-state index in [9.17, 15) is 9.59 Å². The summed E-state index contributed by atoms with van der Waals surface area (Å²) in [5.74, 6) is 0.635. The molecular formula is C24H20BrN4O2S+. The fraction of sp³-hybridized carbons (Fsp3) is 0.167. The molecule has 1 aliphatic heterocycles. The van der Waals surface area contributed by atoms with Crippen molar-refractivity contribution in [2.45, 2.75) is 25.2 Å². The fourth-order valence-electron chi connectivity index (χ4n) is 4.29. The molecule has 3 aromatic carbocycles. The number of halogens is 1. The number of thioether (sulfide) groups is 1. The van der Waals surface area contributed by atoms with Gasteiger partial charge in [0.25, 0.3) is 6.17 Å². The lowest BCUT2D eigenvalue weighted by Gasteiger charge is -2.32. The minimum atomic E-state index is -0.596. The minimum Gasteiger partial charge on any atom is -0.291 e. The summed E-state index contributed by atoms with van der Waals surface area (Å²) >= 11 is 4.96. The average molecular weight is 508 g/mol. The molecule has 1 atom stereocenters. The number of aromatic amines is 1. The minimum absolute atomic E-state index is 0.128. The Morgan fingerprint density at radius 3 is 2.75 bits per heavy atom. The number of benzene rings is 3. The van der Waals surface area contributed by atoms with Gasteiger partial charge < -0.3 is 0 Å². The highest BCUT2D eigenvalue weighted by Crippen LogP contribution is 2.40. The van der Waals surface area contributed by atoms with Crippen molar-refractivity contribution in [3.05, 3.63) is 81.1 Å². The summed E-state index contributed by atoms with van der Waals surface area (Å²) in [4.78, 5) is 31.0. The van der Waals surface area contributed by atoms with Gasteiger partial charge in [-0.05, 0) is 45.5 Å². The Bertz CT molecular complexity index is 1430. The molecule has 0 aliphatic carbocycles. The highest BCUT2D eigenvalue weighted by molar-refractivity contribution is 9.10. The first-order valence-electron chi connectivity index (χ1n) is 10.3. The van der Waals surface area contributed by atoms with Crippen LogP contribution in [0.25, 0.3) is 22.0 Å². The van der Waals surface area contributed by atoms with Crippen molar-refractivity contribution in [3.63, 3.8) is 0 Å².